The number of nitrogens with two attached hydrogens (primary N) is 1. The van der Waals surface area contributed by atoms with Gasteiger partial charge in [0.1, 0.15) is 5.15 Å². The summed E-state index contributed by atoms with van der Waals surface area (Å²) < 4.78 is 0. The molecule has 0 aliphatic carbocycles. The third kappa shape index (κ3) is 4.30. The molecule has 0 fully saturated rings. The summed E-state index contributed by atoms with van der Waals surface area (Å²) >= 11 is 5.97. The van der Waals surface area contributed by atoms with E-state index < -0.39 is 0 Å². The van der Waals surface area contributed by atoms with Crippen molar-refractivity contribution in [1.82, 2.24) is 4.98 Å². The number of amides is 1. The smallest absolute Gasteiger partial charge is 0.217 e. The number of hydrogen-bond acceptors (Lipinski definition) is 2. The maximum Gasteiger partial charge on any atom is 0.217 e. The van der Waals surface area contributed by atoms with Crippen LogP contribution in [-0.4, -0.2) is 10.9 Å². The van der Waals surface area contributed by atoms with E-state index in [1.165, 1.54) is 0 Å². The summed E-state index contributed by atoms with van der Waals surface area (Å²) in [7, 11) is 0. The zero-order valence-corrected chi connectivity index (χ0v) is 9.55. The highest BCUT2D eigenvalue weighted by Crippen LogP contribution is 2.16. The average Bonchev–Trinajstić information content (AvgIpc) is 2.14. The number of carbonyl (C=O) groups is 1. The Balaban J connectivity index is 2.40. The number of rotatable bonds is 5. The van der Waals surface area contributed by atoms with Gasteiger partial charge in [0, 0.05) is 12.1 Å². The van der Waals surface area contributed by atoms with Crippen molar-refractivity contribution in [2.45, 2.75) is 32.6 Å². The molecule has 0 saturated carbocycles. The van der Waals surface area contributed by atoms with Crippen molar-refractivity contribution in [3.8, 4) is 0 Å². The molecule has 1 heterocycles. The van der Waals surface area contributed by atoms with Crippen molar-refractivity contribution in [3.05, 3.63) is 28.5 Å². The van der Waals surface area contributed by atoms with Gasteiger partial charge in [-0.2, -0.15) is 0 Å². The summed E-state index contributed by atoms with van der Waals surface area (Å²) in [5, 5.41) is 0.564. The molecule has 0 aliphatic heterocycles. The number of halogens is 1. The molecule has 0 unspecified atom stereocenters. The highest BCUT2D eigenvalue weighted by molar-refractivity contribution is 6.30. The number of aromatic nitrogens is 1. The van der Waals surface area contributed by atoms with Crippen molar-refractivity contribution in [2.75, 3.05) is 0 Å². The number of primary amides is 1. The van der Waals surface area contributed by atoms with E-state index in [2.05, 4.69) is 4.98 Å². The Morgan fingerprint density at radius 1 is 1.47 bits per heavy atom. The van der Waals surface area contributed by atoms with Gasteiger partial charge in [-0.1, -0.05) is 17.7 Å². The summed E-state index contributed by atoms with van der Waals surface area (Å²) in [6.45, 7) is 1.91. The maximum absolute atomic E-state index is 10.5. The molecule has 0 saturated heterocycles. The fourth-order valence-corrected chi connectivity index (χ4v) is 1.65. The molecule has 4 heteroatoms. The third-order valence-corrected chi connectivity index (χ3v) is 2.51. The molecule has 0 atom stereocenters. The van der Waals surface area contributed by atoms with E-state index in [-0.39, 0.29) is 5.91 Å². The van der Waals surface area contributed by atoms with Crippen LogP contribution in [-0.2, 0) is 11.2 Å². The Morgan fingerprint density at radius 3 is 2.80 bits per heavy atom. The minimum absolute atomic E-state index is 0.247. The van der Waals surface area contributed by atoms with Crippen LogP contribution in [0.3, 0.4) is 0 Å². The van der Waals surface area contributed by atoms with E-state index >= 15 is 0 Å². The fraction of sp³-hybridized carbons (Fsp3) is 0.455. The minimum atomic E-state index is -0.247. The second-order valence-corrected chi connectivity index (χ2v) is 3.93. The van der Waals surface area contributed by atoms with Crippen LogP contribution in [0, 0.1) is 6.92 Å². The van der Waals surface area contributed by atoms with Crippen molar-refractivity contribution < 1.29 is 4.79 Å². The normalized spacial score (nSPS) is 10.3. The monoisotopic (exact) mass is 226 g/mol. The van der Waals surface area contributed by atoms with Crippen LogP contribution >= 0.6 is 11.6 Å². The van der Waals surface area contributed by atoms with Gasteiger partial charge in [0.05, 0.1) is 0 Å². The van der Waals surface area contributed by atoms with Gasteiger partial charge < -0.3 is 5.73 Å². The van der Waals surface area contributed by atoms with Gasteiger partial charge >= 0.3 is 0 Å². The van der Waals surface area contributed by atoms with E-state index in [0.29, 0.717) is 11.6 Å². The fourth-order valence-electron chi connectivity index (χ4n) is 1.36. The third-order valence-electron chi connectivity index (χ3n) is 2.18. The standard InChI is InChI=1S/C11H15ClN2O/c1-8-6-7-9(11(12)14-8)4-2-3-5-10(13)15/h6-7H,2-5H2,1H3,(H2,13,15). The number of nitrogens with zero attached hydrogens (tertiary/aromatic N) is 1. The molecule has 2 N–H and O–H groups in total. The van der Waals surface area contributed by atoms with Gasteiger partial charge in [-0.3, -0.25) is 4.79 Å². The molecule has 0 radical (unpaired) electrons. The molecular formula is C11H15ClN2O. The number of unbranched alkanes of at least 4 members (excludes halogenated alkanes) is 1. The second kappa shape index (κ2) is 5.71. The maximum atomic E-state index is 10.5. The van der Waals surface area contributed by atoms with Crippen molar-refractivity contribution in [3.63, 3.8) is 0 Å². The molecule has 1 amide bonds. The number of carbonyl (C=O) groups excluding carboxylic acids is 1. The van der Waals surface area contributed by atoms with Crippen LogP contribution in [0.2, 0.25) is 5.15 Å². The van der Waals surface area contributed by atoms with E-state index in [9.17, 15) is 4.79 Å². The van der Waals surface area contributed by atoms with Crippen molar-refractivity contribution in [2.24, 2.45) is 5.73 Å². The largest absolute Gasteiger partial charge is 0.370 e. The Bertz CT molecular complexity index is 352. The highest BCUT2D eigenvalue weighted by atomic mass is 35.5. The molecule has 1 aromatic heterocycles. The van der Waals surface area contributed by atoms with Crippen LogP contribution in [0.5, 0.6) is 0 Å². The molecule has 0 aromatic carbocycles. The lowest BCUT2D eigenvalue weighted by Crippen LogP contribution is -2.09. The number of aryl methyl sites for hydroxylation is 2. The first-order valence-electron chi connectivity index (χ1n) is 5.00. The van der Waals surface area contributed by atoms with Gasteiger partial charge in [0.15, 0.2) is 0 Å². The van der Waals surface area contributed by atoms with E-state index in [1.54, 1.807) is 0 Å². The molecule has 1 rings (SSSR count). The highest BCUT2D eigenvalue weighted by Gasteiger charge is 2.02. The number of pyridine rings is 1. The van der Waals surface area contributed by atoms with E-state index in [0.717, 1.165) is 30.5 Å². The lowest BCUT2D eigenvalue weighted by Gasteiger charge is -2.03. The van der Waals surface area contributed by atoms with Crippen LogP contribution in [0.25, 0.3) is 0 Å². The first-order valence-corrected chi connectivity index (χ1v) is 5.37. The summed E-state index contributed by atoms with van der Waals surface area (Å²) in [5.41, 5.74) is 7.00. The second-order valence-electron chi connectivity index (χ2n) is 3.58. The number of hydrogen-bond donors (Lipinski definition) is 1. The molecule has 0 spiro atoms. The SMILES string of the molecule is Cc1ccc(CCCCC(N)=O)c(Cl)n1. The lowest BCUT2D eigenvalue weighted by atomic mass is 10.1. The quantitative estimate of drug-likeness (QED) is 0.619. The van der Waals surface area contributed by atoms with Gasteiger partial charge in [-0.15, -0.1) is 0 Å². The average molecular weight is 227 g/mol. The molecule has 0 aliphatic rings. The Hall–Kier alpha value is -1.09. The first-order chi connectivity index (χ1) is 7.09. The molecule has 82 valence electrons. The van der Waals surface area contributed by atoms with Gasteiger partial charge in [-0.25, -0.2) is 4.98 Å². The van der Waals surface area contributed by atoms with Crippen LogP contribution in [0.1, 0.15) is 30.5 Å². The summed E-state index contributed by atoms with van der Waals surface area (Å²) in [4.78, 5) is 14.7. The first kappa shape index (κ1) is 12.0. The Labute approximate surface area is 94.6 Å². The van der Waals surface area contributed by atoms with Crippen molar-refractivity contribution in [1.29, 1.82) is 0 Å². The minimum Gasteiger partial charge on any atom is -0.370 e. The van der Waals surface area contributed by atoms with Gasteiger partial charge in [0.2, 0.25) is 5.91 Å². The Kier molecular flexibility index (Phi) is 4.56. The van der Waals surface area contributed by atoms with Crippen LogP contribution in [0.15, 0.2) is 12.1 Å². The Morgan fingerprint density at radius 2 is 2.20 bits per heavy atom. The zero-order chi connectivity index (χ0) is 11.3. The van der Waals surface area contributed by atoms with Gasteiger partial charge in [0.25, 0.3) is 0 Å². The predicted octanol–water partition coefficient (Wildman–Crippen LogP) is 2.24. The molecule has 15 heavy (non-hydrogen) atoms. The molecular weight excluding hydrogens is 212 g/mol. The van der Waals surface area contributed by atoms with Crippen molar-refractivity contribution >= 4 is 17.5 Å². The molecule has 3 nitrogen and oxygen atoms in total. The van der Waals surface area contributed by atoms with Gasteiger partial charge in [-0.05, 0) is 37.8 Å². The topological polar surface area (TPSA) is 56.0 Å². The molecule has 0 bridgehead atoms. The summed E-state index contributed by atoms with van der Waals surface area (Å²) in [6.07, 6.45) is 3.00. The van der Waals surface area contributed by atoms with E-state index in [1.807, 2.05) is 19.1 Å². The molecule has 1 aromatic rings. The van der Waals surface area contributed by atoms with Crippen LogP contribution < -0.4 is 5.73 Å². The van der Waals surface area contributed by atoms with E-state index in [4.69, 9.17) is 17.3 Å². The summed E-state index contributed by atoms with van der Waals surface area (Å²) in [6, 6.07) is 3.92. The summed E-state index contributed by atoms with van der Waals surface area (Å²) in [5.74, 6) is -0.247. The zero-order valence-electron chi connectivity index (χ0n) is 8.79. The van der Waals surface area contributed by atoms with Crippen LogP contribution in [0.4, 0.5) is 0 Å². The predicted molar refractivity (Wildman–Crippen MR) is 60.7 cm³/mol. The lowest BCUT2D eigenvalue weighted by molar-refractivity contribution is -0.118.